The van der Waals surface area contributed by atoms with Crippen molar-refractivity contribution in [3.05, 3.63) is 102 Å². The first-order chi connectivity index (χ1) is 12.7. The van der Waals surface area contributed by atoms with Crippen LogP contribution < -0.4 is 10.7 Å². The summed E-state index contributed by atoms with van der Waals surface area (Å²) in [6.07, 6.45) is 9.41. The van der Waals surface area contributed by atoms with E-state index in [4.69, 9.17) is 0 Å². The molecule has 130 valence electrons. The van der Waals surface area contributed by atoms with Gasteiger partial charge in [-0.05, 0) is 36.3 Å². The molecule has 0 saturated carbocycles. The summed E-state index contributed by atoms with van der Waals surface area (Å²) in [5, 5.41) is 3.90. The first-order valence-electron chi connectivity index (χ1n) is 8.49. The molecule has 3 aromatic rings. The molecular formula is C22H21N3O. The number of fused-ring (bicyclic) bond motifs is 1. The number of anilines is 1. The third-order valence-corrected chi connectivity index (χ3v) is 4.18. The maximum atomic E-state index is 12.7. The van der Waals surface area contributed by atoms with Crippen molar-refractivity contribution in [2.45, 2.75) is 13.3 Å². The van der Waals surface area contributed by atoms with Crippen LogP contribution in [0.3, 0.4) is 0 Å². The van der Waals surface area contributed by atoms with E-state index in [1.165, 1.54) is 0 Å². The van der Waals surface area contributed by atoms with Gasteiger partial charge in [-0.25, -0.2) is 0 Å². The predicted octanol–water partition coefficient (Wildman–Crippen LogP) is 4.62. The Morgan fingerprint density at radius 1 is 1.23 bits per heavy atom. The van der Waals surface area contributed by atoms with Gasteiger partial charge in [0.25, 0.3) is 0 Å². The molecule has 0 bridgehead atoms. The summed E-state index contributed by atoms with van der Waals surface area (Å²) in [7, 11) is 0. The summed E-state index contributed by atoms with van der Waals surface area (Å²) >= 11 is 0. The zero-order valence-corrected chi connectivity index (χ0v) is 14.8. The van der Waals surface area contributed by atoms with E-state index in [2.05, 4.69) is 34.9 Å². The first-order valence-corrected chi connectivity index (χ1v) is 8.49. The molecule has 2 aromatic heterocycles. The Hall–Kier alpha value is -3.40. The second-order valence-corrected chi connectivity index (χ2v) is 5.80. The van der Waals surface area contributed by atoms with Crippen LogP contribution in [0.1, 0.15) is 12.5 Å². The number of para-hydroxylation sites is 1. The van der Waals surface area contributed by atoms with Gasteiger partial charge in [0.05, 0.1) is 10.9 Å². The molecule has 0 aliphatic rings. The van der Waals surface area contributed by atoms with E-state index >= 15 is 0 Å². The highest BCUT2D eigenvalue weighted by atomic mass is 16.1. The van der Waals surface area contributed by atoms with E-state index in [-0.39, 0.29) is 5.43 Å². The maximum Gasteiger partial charge on any atom is 0.193 e. The predicted molar refractivity (Wildman–Crippen MR) is 109 cm³/mol. The molecule has 4 heteroatoms. The van der Waals surface area contributed by atoms with E-state index in [1.807, 2.05) is 42.6 Å². The summed E-state index contributed by atoms with van der Waals surface area (Å²) in [5.41, 5.74) is 3.53. The Balaban J connectivity index is 2.40. The molecule has 0 spiro atoms. The smallest absolute Gasteiger partial charge is 0.193 e. The van der Waals surface area contributed by atoms with Crippen molar-refractivity contribution < 1.29 is 0 Å². The third kappa shape index (κ3) is 3.22. The molecule has 0 amide bonds. The van der Waals surface area contributed by atoms with Crippen LogP contribution in [-0.4, -0.2) is 9.55 Å². The fourth-order valence-electron chi connectivity index (χ4n) is 2.96. The monoisotopic (exact) mass is 343 g/mol. The summed E-state index contributed by atoms with van der Waals surface area (Å²) in [6, 6.07) is 11.5. The van der Waals surface area contributed by atoms with Gasteiger partial charge >= 0.3 is 0 Å². The molecule has 0 unspecified atom stereocenters. The van der Waals surface area contributed by atoms with Crippen molar-refractivity contribution >= 4 is 16.7 Å². The topological polar surface area (TPSA) is 46.9 Å². The number of hydrogen-bond acceptors (Lipinski definition) is 3. The van der Waals surface area contributed by atoms with Crippen LogP contribution in [0.4, 0.5) is 5.82 Å². The Labute approximate surface area is 152 Å². The zero-order chi connectivity index (χ0) is 18.5. The van der Waals surface area contributed by atoms with Crippen LogP contribution in [0.2, 0.25) is 0 Å². The number of hydrogen-bond donors (Lipinski definition) is 1. The van der Waals surface area contributed by atoms with Crippen molar-refractivity contribution in [2.75, 3.05) is 5.32 Å². The summed E-state index contributed by atoms with van der Waals surface area (Å²) in [4.78, 5) is 17.0. The number of allylic oxidation sites excluding steroid dienone is 3. The Morgan fingerprint density at radius 3 is 2.65 bits per heavy atom. The quantitative estimate of drug-likeness (QED) is 0.665. The fourth-order valence-corrected chi connectivity index (χ4v) is 2.96. The highest BCUT2D eigenvalue weighted by molar-refractivity contribution is 5.85. The number of rotatable bonds is 6. The summed E-state index contributed by atoms with van der Waals surface area (Å²) < 4.78 is 2.05. The van der Waals surface area contributed by atoms with Crippen molar-refractivity contribution in [3.8, 4) is 5.69 Å². The van der Waals surface area contributed by atoms with Crippen molar-refractivity contribution in [3.63, 3.8) is 0 Å². The maximum absolute atomic E-state index is 12.7. The Bertz CT molecular complexity index is 1050. The van der Waals surface area contributed by atoms with Crippen LogP contribution >= 0.6 is 0 Å². The summed E-state index contributed by atoms with van der Waals surface area (Å²) in [5.74, 6) is 0.669. The van der Waals surface area contributed by atoms with Gasteiger partial charge in [-0.1, -0.05) is 44.4 Å². The van der Waals surface area contributed by atoms with E-state index in [1.54, 1.807) is 24.4 Å². The molecule has 4 nitrogen and oxygen atoms in total. The van der Waals surface area contributed by atoms with E-state index in [0.29, 0.717) is 11.2 Å². The largest absolute Gasteiger partial charge is 0.341 e. The lowest BCUT2D eigenvalue weighted by Crippen LogP contribution is -2.15. The third-order valence-electron chi connectivity index (χ3n) is 4.18. The second-order valence-electron chi connectivity index (χ2n) is 5.80. The summed E-state index contributed by atoms with van der Waals surface area (Å²) in [6.45, 7) is 9.60. The molecule has 0 fully saturated rings. The molecule has 0 aliphatic carbocycles. The molecule has 26 heavy (non-hydrogen) atoms. The molecule has 0 aliphatic heterocycles. The fraction of sp³-hybridized carbons (Fsp3) is 0.0909. The molecule has 0 saturated heterocycles. The second kappa shape index (κ2) is 7.66. The van der Waals surface area contributed by atoms with Gasteiger partial charge in [0.1, 0.15) is 5.82 Å². The average molecular weight is 343 g/mol. The normalized spacial score (nSPS) is 11.3. The van der Waals surface area contributed by atoms with Crippen molar-refractivity contribution in [2.24, 2.45) is 0 Å². The molecular weight excluding hydrogens is 322 g/mol. The highest BCUT2D eigenvalue weighted by Gasteiger charge is 2.14. The number of nitrogens with zero attached hydrogens (tertiary/aromatic N) is 2. The van der Waals surface area contributed by atoms with Gasteiger partial charge in [-0.2, -0.15) is 0 Å². The van der Waals surface area contributed by atoms with Gasteiger partial charge in [0.15, 0.2) is 5.43 Å². The number of nitrogens with one attached hydrogen (secondary N) is 1. The van der Waals surface area contributed by atoms with Gasteiger partial charge in [-0.3, -0.25) is 14.3 Å². The number of aryl methyl sites for hydroxylation is 1. The minimum Gasteiger partial charge on any atom is -0.341 e. The van der Waals surface area contributed by atoms with Crippen molar-refractivity contribution in [1.82, 2.24) is 9.55 Å². The Morgan fingerprint density at radius 2 is 2.00 bits per heavy atom. The SMILES string of the molecule is C=C/C=C(\C=C)Nc1cc(=O)c2cncc(CC)c2n1-c1ccccc1. The van der Waals surface area contributed by atoms with Crippen LogP contribution in [-0.2, 0) is 6.42 Å². The minimum atomic E-state index is -0.0699. The van der Waals surface area contributed by atoms with E-state index in [0.717, 1.165) is 28.9 Å². The van der Waals surface area contributed by atoms with Crippen LogP contribution in [0, 0.1) is 0 Å². The highest BCUT2D eigenvalue weighted by Crippen LogP contribution is 2.26. The number of aromatic nitrogens is 2. The molecule has 3 rings (SSSR count). The lowest BCUT2D eigenvalue weighted by atomic mass is 10.1. The van der Waals surface area contributed by atoms with Crippen molar-refractivity contribution in [1.29, 1.82) is 0 Å². The van der Waals surface area contributed by atoms with E-state index in [9.17, 15) is 4.79 Å². The minimum absolute atomic E-state index is 0.0699. The van der Waals surface area contributed by atoms with Gasteiger partial charge in [0, 0.05) is 29.8 Å². The van der Waals surface area contributed by atoms with Crippen LogP contribution in [0.5, 0.6) is 0 Å². The zero-order valence-electron chi connectivity index (χ0n) is 14.8. The van der Waals surface area contributed by atoms with Crippen LogP contribution in [0.15, 0.2) is 90.7 Å². The van der Waals surface area contributed by atoms with Crippen LogP contribution in [0.25, 0.3) is 16.6 Å². The number of pyridine rings is 2. The van der Waals surface area contributed by atoms with Gasteiger partial charge in [0.2, 0.25) is 0 Å². The lowest BCUT2D eigenvalue weighted by molar-refractivity contribution is 1.04. The first kappa shape index (κ1) is 17.4. The molecule has 1 N–H and O–H groups in total. The molecule has 1 aromatic carbocycles. The van der Waals surface area contributed by atoms with Gasteiger partial charge in [-0.15, -0.1) is 0 Å². The lowest BCUT2D eigenvalue weighted by Gasteiger charge is -2.20. The van der Waals surface area contributed by atoms with Gasteiger partial charge < -0.3 is 5.32 Å². The molecule has 2 heterocycles. The Kier molecular flexibility index (Phi) is 5.13. The standard InChI is InChI=1S/C22H21N3O/c1-4-10-17(6-3)24-21-13-20(26)19-15-23-14-16(5-2)22(19)25(21)18-11-8-7-9-12-18/h4,6-15,24H,1,3,5H2,2H3/b17-10+. The molecule has 0 atom stereocenters. The number of benzene rings is 1. The molecule has 0 radical (unpaired) electrons. The average Bonchev–Trinajstić information content (AvgIpc) is 2.68. The van der Waals surface area contributed by atoms with E-state index < -0.39 is 0 Å².